The van der Waals surface area contributed by atoms with Crippen LogP contribution in [0.3, 0.4) is 0 Å². The monoisotopic (exact) mass is 370 g/mol. The highest BCUT2D eigenvalue weighted by Crippen LogP contribution is 2.30. The molecular weight excluding hydrogens is 358 g/mol. The van der Waals surface area contributed by atoms with Crippen molar-refractivity contribution in [2.75, 3.05) is 13.2 Å². The van der Waals surface area contributed by atoms with Gasteiger partial charge in [0.15, 0.2) is 6.61 Å². The summed E-state index contributed by atoms with van der Waals surface area (Å²) >= 11 is 3.19. The molecule has 0 radical (unpaired) electrons. The van der Waals surface area contributed by atoms with Gasteiger partial charge in [0.2, 0.25) is 5.91 Å². The van der Waals surface area contributed by atoms with Gasteiger partial charge < -0.3 is 9.64 Å². The van der Waals surface area contributed by atoms with Gasteiger partial charge in [0.1, 0.15) is 11.8 Å². The summed E-state index contributed by atoms with van der Waals surface area (Å²) in [5.74, 6) is 0.134. The Labute approximate surface area is 135 Å². The van der Waals surface area contributed by atoms with Gasteiger partial charge in [0, 0.05) is 5.70 Å². The number of carbonyl (C=O) groups is 1. The maximum absolute atomic E-state index is 12.7. The lowest BCUT2D eigenvalue weighted by atomic mass is 10.0. The first-order valence-electron chi connectivity index (χ1n) is 6.57. The number of rotatable bonds is 5. The fraction of sp³-hybridized carbons (Fsp3) is 0.333. The van der Waals surface area contributed by atoms with Crippen molar-refractivity contribution in [3.8, 4) is 11.8 Å². The predicted octanol–water partition coefficient (Wildman–Crippen LogP) is 3.19. The molecule has 0 saturated heterocycles. The zero-order valence-electron chi connectivity index (χ0n) is 11.5. The first kappa shape index (κ1) is 16.4. The van der Waals surface area contributed by atoms with Crippen LogP contribution in [-0.4, -0.2) is 35.2 Å². The van der Waals surface area contributed by atoms with Gasteiger partial charge in [-0.2, -0.15) is 5.26 Å². The molecule has 2 rings (SSSR count). The summed E-state index contributed by atoms with van der Waals surface area (Å²) in [4.78, 5) is 12.7. The molecule has 1 aromatic carbocycles. The number of carbonyl (C=O) groups excluding carboxylic acids is 1. The van der Waals surface area contributed by atoms with Crippen molar-refractivity contribution >= 4 is 27.5 Å². The molecule has 116 valence electrons. The van der Waals surface area contributed by atoms with E-state index in [-0.39, 0.29) is 12.5 Å². The standard InChI is InChI=1S/C15H13BrF2N2O2/c16-12-5-6-13(20(15(12)21)9-14(17)18)10-1-3-11(4-2-10)22-8-7-19/h1-4,6,12,14H,5,8-9H2. The Balaban J connectivity index is 2.24. The first-order chi connectivity index (χ1) is 10.5. The van der Waals surface area contributed by atoms with Gasteiger partial charge in [-0.3, -0.25) is 4.79 Å². The summed E-state index contributed by atoms with van der Waals surface area (Å²) < 4.78 is 30.6. The van der Waals surface area contributed by atoms with E-state index in [1.54, 1.807) is 30.3 Å². The van der Waals surface area contributed by atoms with E-state index in [0.717, 1.165) is 4.90 Å². The second kappa shape index (κ2) is 7.36. The molecule has 0 aliphatic carbocycles. The fourth-order valence-corrected chi connectivity index (χ4v) is 2.59. The van der Waals surface area contributed by atoms with Gasteiger partial charge in [-0.25, -0.2) is 8.78 Å². The minimum Gasteiger partial charge on any atom is -0.479 e. The quantitative estimate of drug-likeness (QED) is 0.747. The third-order valence-corrected chi connectivity index (χ3v) is 3.88. The van der Waals surface area contributed by atoms with E-state index in [9.17, 15) is 13.6 Å². The fourth-order valence-electron chi connectivity index (χ4n) is 2.15. The minimum absolute atomic E-state index is 0.0662. The van der Waals surface area contributed by atoms with Gasteiger partial charge in [0.05, 0.1) is 11.4 Å². The number of benzene rings is 1. The Morgan fingerprint density at radius 3 is 2.68 bits per heavy atom. The summed E-state index contributed by atoms with van der Waals surface area (Å²) in [6.45, 7) is -0.706. The summed E-state index contributed by atoms with van der Waals surface area (Å²) in [5, 5.41) is 8.45. The Kier molecular flexibility index (Phi) is 5.50. The van der Waals surface area contributed by atoms with Crippen LogP contribution in [0.15, 0.2) is 30.3 Å². The molecule has 0 spiro atoms. The number of ether oxygens (including phenoxy) is 1. The largest absolute Gasteiger partial charge is 0.479 e. The van der Waals surface area contributed by atoms with Gasteiger partial charge >= 0.3 is 0 Å². The van der Waals surface area contributed by atoms with Gasteiger partial charge in [0.25, 0.3) is 6.43 Å². The van der Waals surface area contributed by atoms with E-state index in [1.165, 1.54) is 0 Å². The molecule has 1 amide bonds. The molecule has 7 heteroatoms. The number of amides is 1. The maximum Gasteiger partial charge on any atom is 0.256 e. The Morgan fingerprint density at radius 1 is 1.41 bits per heavy atom. The lowest BCUT2D eigenvalue weighted by Gasteiger charge is -2.31. The van der Waals surface area contributed by atoms with E-state index in [0.29, 0.717) is 23.4 Å². The van der Waals surface area contributed by atoms with Gasteiger partial charge in [-0.1, -0.05) is 22.0 Å². The molecule has 1 aliphatic heterocycles. The van der Waals surface area contributed by atoms with E-state index >= 15 is 0 Å². The zero-order valence-corrected chi connectivity index (χ0v) is 13.1. The Hall–Kier alpha value is -1.94. The van der Waals surface area contributed by atoms with Crippen LogP contribution in [0.1, 0.15) is 12.0 Å². The molecule has 1 aromatic rings. The molecule has 1 unspecified atom stereocenters. The number of hydrogen-bond acceptors (Lipinski definition) is 3. The molecule has 22 heavy (non-hydrogen) atoms. The van der Waals surface area contributed by atoms with Gasteiger partial charge in [-0.15, -0.1) is 0 Å². The van der Waals surface area contributed by atoms with E-state index in [2.05, 4.69) is 15.9 Å². The highest BCUT2D eigenvalue weighted by Gasteiger charge is 2.31. The molecule has 1 aliphatic rings. The Morgan fingerprint density at radius 2 is 2.09 bits per heavy atom. The van der Waals surface area contributed by atoms with Crippen molar-refractivity contribution in [1.29, 1.82) is 5.26 Å². The number of allylic oxidation sites excluding steroid dienone is 1. The number of alkyl halides is 3. The van der Waals surface area contributed by atoms with Crippen molar-refractivity contribution in [2.24, 2.45) is 0 Å². The third kappa shape index (κ3) is 3.83. The number of nitriles is 1. The second-order valence-corrected chi connectivity index (χ2v) is 5.71. The molecular formula is C15H13BrF2N2O2. The van der Waals surface area contributed by atoms with Crippen LogP contribution in [0.25, 0.3) is 5.70 Å². The van der Waals surface area contributed by atoms with Crippen LogP contribution < -0.4 is 4.74 Å². The van der Waals surface area contributed by atoms with Crippen LogP contribution in [0.2, 0.25) is 0 Å². The topological polar surface area (TPSA) is 53.3 Å². The number of hydrogen-bond donors (Lipinski definition) is 0. The minimum atomic E-state index is -2.61. The Bertz CT molecular complexity index is 611. The van der Waals surface area contributed by atoms with Crippen molar-refractivity contribution in [3.05, 3.63) is 35.9 Å². The molecule has 0 bridgehead atoms. The second-order valence-electron chi connectivity index (χ2n) is 4.60. The van der Waals surface area contributed by atoms with Crippen LogP contribution in [-0.2, 0) is 4.79 Å². The van der Waals surface area contributed by atoms with Crippen molar-refractivity contribution in [2.45, 2.75) is 17.7 Å². The molecule has 0 aromatic heterocycles. The summed E-state index contributed by atoms with van der Waals surface area (Å²) in [5.41, 5.74) is 1.12. The smallest absolute Gasteiger partial charge is 0.256 e. The number of halogens is 3. The zero-order chi connectivity index (χ0) is 16.1. The van der Waals surface area contributed by atoms with Crippen LogP contribution >= 0.6 is 15.9 Å². The highest BCUT2D eigenvalue weighted by molar-refractivity contribution is 9.10. The van der Waals surface area contributed by atoms with Crippen molar-refractivity contribution in [1.82, 2.24) is 4.90 Å². The number of nitrogens with zero attached hydrogens (tertiary/aromatic N) is 2. The average molecular weight is 371 g/mol. The molecule has 1 atom stereocenters. The van der Waals surface area contributed by atoms with Crippen molar-refractivity contribution < 1.29 is 18.3 Å². The normalized spacial score (nSPS) is 18.1. The van der Waals surface area contributed by atoms with E-state index in [1.807, 2.05) is 6.07 Å². The predicted molar refractivity (Wildman–Crippen MR) is 80.6 cm³/mol. The third-order valence-electron chi connectivity index (χ3n) is 3.12. The summed E-state index contributed by atoms with van der Waals surface area (Å²) in [7, 11) is 0. The molecule has 1 heterocycles. The van der Waals surface area contributed by atoms with Gasteiger partial charge in [-0.05, 0) is 36.2 Å². The van der Waals surface area contributed by atoms with E-state index in [4.69, 9.17) is 10.00 Å². The lowest BCUT2D eigenvalue weighted by Crippen LogP contribution is -2.40. The maximum atomic E-state index is 12.7. The van der Waals surface area contributed by atoms with Crippen molar-refractivity contribution in [3.63, 3.8) is 0 Å². The van der Waals surface area contributed by atoms with Crippen LogP contribution in [0.4, 0.5) is 8.78 Å². The molecule has 4 nitrogen and oxygen atoms in total. The SMILES string of the molecule is N#CCOc1ccc(C2=CCC(Br)C(=O)N2CC(F)F)cc1. The highest BCUT2D eigenvalue weighted by atomic mass is 79.9. The summed E-state index contributed by atoms with van der Waals surface area (Å²) in [6.07, 6.45) is -0.405. The molecule has 0 N–H and O–H groups in total. The van der Waals surface area contributed by atoms with E-state index < -0.39 is 17.8 Å². The average Bonchev–Trinajstić information content (AvgIpc) is 2.50. The van der Waals surface area contributed by atoms with Crippen LogP contribution in [0.5, 0.6) is 5.75 Å². The lowest BCUT2D eigenvalue weighted by molar-refractivity contribution is -0.129. The molecule has 0 saturated carbocycles. The molecule has 0 fully saturated rings. The summed E-state index contributed by atoms with van der Waals surface area (Å²) in [6, 6.07) is 8.49. The van der Waals surface area contributed by atoms with Crippen LogP contribution in [0, 0.1) is 11.3 Å². The first-order valence-corrected chi connectivity index (χ1v) is 7.48.